The molecule has 1 atom stereocenters. The number of aromatic nitrogens is 1. The van der Waals surface area contributed by atoms with Gasteiger partial charge >= 0.3 is 10.2 Å². The smallest absolute Gasteiger partial charge is 0.307 e. The van der Waals surface area contributed by atoms with Crippen LogP contribution in [0.25, 0.3) is 0 Å². The van der Waals surface area contributed by atoms with Gasteiger partial charge in [0, 0.05) is 13.0 Å². The van der Waals surface area contributed by atoms with Crippen molar-refractivity contribution in [3.8, 4) is 0 Å². The van der Waals surface area contributed by atoms with Crippen LogP contribution < -0.4 is 4.90 Å². The van der Waals surface area contributed by atoms with Gasteiger partial charge in [0.05, 0.1) is 16.4 Å². The van der Waals surface area contributed by atoms with Crippen LogP contribution in [0.5, 0.6) is 0 Å². The number of carbonyl (C=O) groups is 1. The van der Waals surface area contributed by atoms with Gasteiger partial charge in [0.1, 0.15) is 9.85 Å². The molecule has 2 heterocycles. The number of rotatable bonds is 2. The summed E-state index contributed by atoms with van der Waals surface area (Å²) < 4.78 is 35.6. The van der Waals surface area contributed by atoms with Crippen LogP contribution >= 0.6 is 31.9 Å². The first-order valence-corrected chi connectivity index (χ1v) is 7.87. The molecule has 0 aliphatic carbocycles. The molecule has 0 spiro atoms. The number of carbonyl (C=O) groups excluding carboxylic acids is 1. The van der Waals surface area contributed by atoms with Crippen molar-refractivity contribution in [3.05, 3.63) is 21.3 Å². The quantitative estimate of drug-likeness (QED) is 0.561. The van der Waals surface area contributed by atoms with Crippen molar-refractivity contribution in [1.82, 2.24) is 4.98 Å². The summed E-state index contributed by atoms with van der Waals surface area (Å²) in [5, 5.41) is -1.30. The molecule has 1 aromatic rings. The molecule has 0 bridgehead atoms. The number of amides is 1. The summed E-state index contributed by atoms with van der Waals surface area (Å²) in [6.45, 7) is -0.187. The molecule has 0 radical (unpaired) electrons. The molecule has 5 nitrogen and oxygen atoms in total. The molecule has 1 amide bonds. The van der Waals surface area contributed by atoms with Gasteiger partial charge in [-0.15, -0.1) is 3.89 Å². The van der Waals surface area contributed by atoms with E-state index in [-0.39, 0.29) is 13.0 Å². The minimum absolute atomic E-state index is 0.187. The predicted molar refractivity (Wildman–Crippen MR) is 70.4 cm³/mol. The molecule has 1 unspecified atom stereocenters. The molecule has 1 saturated heterocycles. The topological polar surface area (TPSA) is 67.3 Å². The Bertz CT molecular complexity index is 608. The Balaban J connectivity index is 2.30. The van der Waals surface area contributed by atoms with E-state index >= 15 is 0 Å². The van der Waals surface area contributed by atoms with E-state index in [1.165, 1.54) is 11.1 Å². The fourth-order valence-corrected chi connectivity index (χ4v) is 2.89. The first-order chi connectivity index (χ1) is 8.29. The second-order valence-electron chi connectivity index (χ2n) is 3.77. The standard InChI is InChI=1S/C9H7Br2FN2O3S/c10-7-1-5(3-13-9(7)11)14-4-6(2-8(14)15)18(12,16)17/h1,3,6H,2,4H2. The van der Waals surface area contributed by atoms with Crippen molar-refractivity contribution in [2.45, 2.75) is 11.7 Å². The summed E-state index contributed by atoms with van der Waals surface area (Å²) in [4.78, 5) is 16.9. The molecular weight excluding hydrogens is 395 g/mol. The summed E-state index contributed by atoms with van der Waals surface area (Å²) >= 11 is 6.41. The molecule has 1 aliphatic rings. The van der Waals surface area contributed by atoms with Crippen LogP contribution in [0.2, 0.25) is 0 Å². The molecule has 9 heteroatoms. The average molecular weight is 402 g/mol. The van der Waals surface area contributed by atoms with Gasteiger partial charge in [-0.3, -0.25) is 4.79 Å². The first-order valence-electron chi connectivity index (χ1n) is 4.84. The third-order valence-electron chi connectivity index (χ3n) is 2.58. The van der Waals surface area contributed by atoms with Gasteiger partial charge < -0.3 is 4.90 Å². The molecule has 0 aromatic carbocycles. The minimum atomic E-state index is -4.70. The number of anilines is 1. The van der Waals surface area contributed by atoms with E-state index in [9.17, 15) is 17.1 Å². The molecule has 0 N–H and O–H groups in total. The molecule has 2 rings (SSSR count). The fourth-order valence-electron chi connectivity index (χ4n) is 1.67. The largest absolute Gasteiger partial charge is 0.309 e. The number of nitrogens with zero attached hydrogens (tertiary/aromatic N) is 2. The zero-order chi connectivity index (χ0) is 13.5. The van der Waals surface area contributed by atoms with E-state index in [0.29, 0.717) is 14.8 Å². The highest BCUT2D eigenvalue weighted by Gasteiger charge is 2.39. The maximum absolute atomic E-state index is 12.9. The average Bonchev–Trinajstić information content (AvgIpc) is 2.64. The molecule has 98 valence electrons. The lowest BCUT2D eigenvalue weighted by atomic mass is 10.4. The zero-order valence-electron chi connectivity index (χ0n) is 8.81. The second kappa shape index (κ2) is 4.86. The van der Waals surface area contributed by atoms with Crippen LogP contribution in [-0.4, -0.2) is 31.1 Å². The lowest BCUT2D eigenvalue weighted by Gasteiger charge is -2.16. The molecule has 18 heavy (non-hydrogen) atoms. The summed E-state index contributed by atoms with van der Waals surface area (Å²) in [5.41, 5.74) is 0.432. The van der Waals surface area contributed by atoms with Gasteiger partial charge in [-0.1, -0.05) is 0 Å². The number of pyridine rings is 1. The summed E-state index contributed by atoms with van der Waals surface area (Å²) in [6, 6.07) is 1.61. The van der Waals surface area contributed by atoms with E-state index in [2.05, 4.69) is 36.8 Å². The first kappa shape index (κ1) is 13.9. The third-order valence-corrected chi connectivity index (χ3v) is 5.46. The maximum Gasteiger partial charge on any atom is 0.307 e. The van der Waals surface area contributed by atoms with E-state index in [1.807, 2.05) is 0 Å². The number of hydrogen-bond donors (Lipinski definition) is 0. The van der Waals surface area contributed by atoms with Crippen molar-refractivity contribution >= 4 is 53.7 Å². The minimum Gasteiger partial charge on any atom is -0.309 e. The monoisotopic (exact) mass is 400 g/mol. The summed E-state index contributed by atoms with van der Waals surface area (Å²) in [6.07, 6.45) is 1.08. The highest BCUT2D eigenvalue weighted by molar-refractivity contribution is 9.13. The van der Waals surface area contributed by atoms with Crippen LogP contribution in [-0.2, 0) is 15.0 Å². The Hall–Kier alpha value is -0.540. The Morgan fingerprint density at radius 2 is 2.11 bits per heavy atom. The molecule has 1 aromatic heterocycles. The van der Waals surface area contributed by atoms with Crippen LogP contribution in [0.1, 0.15) is 6.42 Å². The second-order valence-corrected chi connectivity index (χ2v) is 7.00. The van der Waals surface area contributed by atoms with Crippen LogP contribution in [0.3, 0.4) is 0 Å². The Morgan fingerprint density at radius 3 is 2.61 bits per heavy atom. The fraction of sp³-hybridized carbons (Fsp3) is 0.333. The van der Waals surface area contributed by atoms with Crippen molar-refractivity contribution in [2.24, 2.45) is 0 Å². The number of hydrogen-bond acceptors (Lipinski definition) is 4. The van der Waals surface area contributed by atoms with E-state index < -0.39 is 21.4 Å². The predicted octanol–water partition coefficient (Wildman–Crippen LogP) is 2.01. The lowest BCUT2D eigenvalue weighted by Crippen LogP contribution is -2.27. The van der Waals surface area contributed by atoms with E-state index in [1.54, 1.807) is 6.07 Å². The molecular formula is C9H7Br2FN2O3S. The van der Waals surface area contributed by atoms with Gasteiger partial charge in [-0.25, -0.2) is 4.98 Å². The normalized spacial score (nSPS) is 20.5. The Morgan fingerprint density at radius 1 is 1.44 bits per heavy atom. The van der Waals surface area contributed by atoms with Crippen molar-refractivity contribution < 1.29 is 17.1 Å². The summed E-state index contributed by atoms with van der Waals surface area (Å²) in [7, 11) is -4.70. The summed E-state index contributed by atoms with van der Waals surface area (Å²) in [5.74, 6) is -0.433. The molecule has 0 saturated carbocycles. The molecule has 1 fully saturated rings. The third kappa shape index (κ3) is 2.72. The Labute approximate surface area is 120 Å². The van der Waals surface area contributed by atoms with Gasteiger partial charge in [-0.2, -0.15) is 8.42 Å². The lowest BCUT2D eigenvalue weighted by molar-refractivity contribution is -0.117. The van der Waals surface area contributed by atoms with Crippen LogP contribution in [0.4, 0.5) is 9.57 Å². The van der Waals surface area contributed by atoms with E-state index in [0.717, 1.165) is 0 Å². The highest BCUT2D eigenvalue weighted by atomic mass is 79.9. The Kier molecular flexibility index (Phi) is 3.75. The maximum atomic E-state index is 12.9. The van der Waals surface area contributed by atoms with Crippen LogP contribution in [0.15, 0.2) is 21.3 Å². The zero-order valence-corrected chi connectivity index (χ0v) is 12.8. The van der Waals surface area contributed by atoms with Gasteiger partial charge in [0.25, 0.3) is 0 Å². The van der Waals surface area contributed by atoms with E-state index in [4.69, 9.17) is 0 Å². The van der Waals surface area contributed by atoms with Crippen molar-refractivity contribution in [3.63, 3.8) is 0 Å². The highest BCUT2D eigenvalue weighted by Crippen LogP contribution is 2.29. The van der Waals surface area contributed by atoms with Crippen molar-refractivity contribution in [2.75, 3.05) is 11.4 Å². The van der Waals surface area contributed by atoms with Gasteiger partial charge in [0.15, 0.2) is 0 Å². The number of halogens is 3. The van der Waals surface area contributed by atoms with Gasteiger partial charge in [-0.05, 0) is 37.9 Å². The molecule has 1 aliphatic heterocycles. The van der Waals surface area contributed by atoms with Gasteiger partial charge in [0.2, 0.25) is 5.91 Å². The van der Waals surface area contributed by atoms with Crippen molar-refractivity contribution in [1.29, 1.82) is 0 Å². The SMILES string of the molecule is O=C1CC(S(=O)(=O)F)CN1c1cnc(Br)c(Br)c1. The van der Waals surface area contributed by atoms with Crippen LogP contribution in [0, 0.1) is 0 Å².